The van der Waals surface area contributed by atoms with Crippen molar-refractivity contribution in [1.29, 1.82) is 0 Å². The second-order valence-electron chi connectivity index (χ2n) is 3.23. The molecule has 0 saturated carbocycles. The minimum absolute atomic E-state index is 0.01000. The van der Waals surface area contributed by atoms with Gasteiger partial charge in [0.25, 0.3) is 0 Å². The molecule has 16 heavy (non-hydrogen) atoms. The number of hydrogen-bond donors (Lipinski definition) is 0. The molecule has 0 bridgehead atoms. The molecule has 4 nitrogen and oxygen atoms in total. The van der Waals surface area contributed by atoms with Crippen LogP contribution in [0.2, 0.25) is 5.02 Å². The highest BCUT2D eigenvalue weighted by molar-refractivity contribution is 6.31. The van der Waals surface area contributed by atoms with Crippen LogP contribution in [0.3, 0.4) is 0 Å². The molecular weight excluding hydrogens is 230 g/mol. The maximum absolute atomic E-state index is 11.5. The summed E-state index contributed by atoms with van der Waals surface area (Å²) in [7, 11) is 1.59. The number of carbonyl (C=O) groups excluding carboxylic acids is 1. The van der Waals surface area contributed by atoms with Crippen molar-refractivity contribution >= 4 is 17.4 Å². The summed E-state index contributed by atoms with van der Waals surface area (Å²) < 4.78 is 9.91. The fraction of sp³-hybridized carbons (Fsp3) is 0.455. The second-order valence-corrected chi connectivity index (χ2v) is 3.64. The number of methoxy groups -OCH3 is 1. The van der Waals surface area contributed by atoms with Crippen LogP contribution in [0, 0.1) is 0 Å². The number of nitrogens with zero attached hydrogens (tertiary/aromatic N) is 1. The van der Waals surface area contributed by atoms with E-state index in [1.54, 1.807) is 19.4 Å². The van der Waals surface area contributed by atoms with Gasteiger partial charge in [0.2, 0.25) is 0 Å². The normalized spacial score (nSPS) is 10.4. The lowest BCUT2D eigenvalue weighted by atomic mass is 10.1. The van der Waals surface area contributed by atoms with Crippen LogP contribution in [0.5, 0.6) is 0 Å². The fourth-order valence-electron chi connectivity index (χ4n) is 1.14. The van der Waals surface area contributed by atoms with E-state index < -0.39 is 0 Å². The lowest BCUT2D eigenvalue weighted by Gasteiger charge is -2.04. The summed E-state index contributed by atoms with van der Waals surface area (Å²) in [6.45, 7) is 0.998. The monoisotopic (exact) mass is 243 g/mol. The van der Waals surface area contributed by atoms with Gasteiger partial charge in [0.1, 0.15) is 6.61 Å². The highest BCUT2D eigenvalue weighted by Gasteiger charge is 2.06. The molecule has 0 saturated heterocycles. The Morgan fingerprint density at radius 2 is 2.31 bits per heavy atom. The second kappa shape index (κ2) is 7.33. The Morgan fingerprint density at radius 3 is 3.00 bits per heavy atom. The molecule has 0 spiro atoms. The lowest BCUT2D eigenvalue weighted by molar-refractivity contribution is -0.123. The number of Topliss-reactive ketones (excluding diaryl/α,β-unsaturated/α-hetero) is 1. The van der Waals surface area contributed by atoms with Crippen LogP contribution < -0.4 is 0 Å². The first kappa shape index (κ1) is 13.1. The number of carbonyl (C=O) groups is 1. The van der Waals surface area contributed by atoms with Crippen LogP contribution in [0.1, 0.15) is 5.56 Å². The van der Waals surface area contributed by atoms with Crippen LogP contribution in [0.25, 0.3) is 0 Å². The summed E-state index contributed by atoms with van der Waals surface area (Å²) in [6, 6.07) is 1.73. The molecule has 0 aliphatic carbocycles. The fourth-order valence-corrected chi connectivity index (χ4v) is 1.33. The molecule has 0 amide bonds. The Kier molecular flexibility index (Phi) is 6.00. The third-order valence-electron chi connectivity index (χ3n) is 1.94. The predicted octanol–water partition coefficient (Wildman–Crippen LogP) is 1.51. The van der Waals surface area contributed by atoms with Crippen molar-refractivity contribution in [3.8, 4) is 0 Å². The first-order chi connectivity index (χ1) is 7.74. The summed E-state index contributed by atoms with van der Waals surface area (Å²) in [5, 5.41) is 0.507. The molecule has 0 aliphatic rings. The molecule has 5 heteroatoms. The molecule has 0 aromatic carbocycles. The average molecular weight is 244 g/mol. The standard InChI is InChI=1S/C11H14ClNO3/c1-15-4-5-16-8-10(14)6-9-2-3-13-7-11(9)12/h2-3,7H,4-6,8H2,1H3. The van der Waals surface area contributed by atoms with Crippen LogP contribution in [-0.4, -0.2) is 37.7 Å². The Hall–Kier alpha value is -0.970. The first-order valence-corrected chi connectivity index (χ1v) is 5.28. The third kappa shape index (κ3) is 4.70. The van der Waals surface area contributed by atoms with E-state index in [2.05, 4.69) is 4.98 Å². The Balaban J connectivity index is 2.32. The lowest BCUT2D eigenvalue weighted by Crippen LogP contribution is -2.14. The topological polar surface area (TPSA) is 48.4 Å². The number of hydrogen-bond acceptors (Lipinski definition) is 4. The van der Waals surface area contributed by atoms with Crippen LogP contribution in [0.15, 0.2) is 18.5 Å². The van der Waals surface area contributed by atoms with Crippen LogP contribution in [0.4, 0.5) is 0 Å². The first-order valence-electron chi connectivity index (χ1n) is 4.91. The van der Waals surface area contributed by atoms with Gasteiger partial charge in [0.05, 0.1) is 18.2 Å². The molecular formula is C11H14ClNO3. The van der Waals surface area contributed by atoms with Crippen molar-refractivity contribution < 1.29 is 14.3 Å². The zero-order valence-electron chi connectivity index (χ0n) is 9.11. The van der Waals surface area contributed by atoms with Gasteiger partial charge in [-0.25, -0.2) is 0 Å². The van der Waals surface area contributed by atoms with E-state index >= 15 is 0 Å². The highest BCUT2D eigenvalue weighted by atomic mass is 35.5. The van der Waals surface area contributed by atoms with E-state index in [4.69, 9.17) is 21.1 Å². The SMILES string of the molecule is COCCOCC(=O)Cc1ccncc1Cl. The van der Waals surface area contributed by atoms with Gasteiger partial charge in [0.15, 0.2) is 5.78 Å². The maximum atomic E-state index is 11.5. The number of halogens is 1. The number of ketones is 1. The third-order valence-corrected chi connectivity index (χ3v) is 2.28. The molecule has 1 rings (SSSR count). The van der Waals surface area contributed by atoms with E-state index in [-0.39, 0.29) is 18.8 Å². The molecule has 1 aromatic heterocycles. The van der Waals surface area contributed by atoms with Crippen molar-refractivity contribution in [2.24, 2.45) is 0 Å². The van der Waals surface area contributed by atoms with Gasteiger partial charge in [-0.05, 0) is 11.6 Å². The van der Waals surface area contributed by atoms with Gasteiger partial charge >= 0.3 is 0 Å². The van der Waals surface area contributed by atoms with Gasteiger partial charge in [-0.3, -0.25) is 9.78 Å². The molecule has 0 atom stereocenters. The van der Waals surface area contributed by atoms with Crippen molar-refractivity contribution in [2.45, 2.75) is 6.42 Å². The quantitative estimate of drug-likeness (QED) is 0.681. The summed E-state index contributed by atoms with van der Waals surface area (Å²) >= 11 is 5.88. The molecule has 88 valence electrons. The van der Waals surface area contributed by atoms with Crippen molar-refractivity contribution in [3.63, 3.8) is 0 Å². The molecule has 0 unspecified atom stereocenters. The zero-order chi connectivity index (χ0) is 11.8. The number of ether oxygens (including phenoxy) is 2. The zero-order valence-corrected chi connectivity index (χ0v) is 9.87. The number of pyridine rings is 1. The van der Waals surface area contributed by atoms with Crippen LogP contribution in [-0.2, 0) is 20.7 Å². The van der Waals surface area contributed by atoms with Gasteiger partial charge < -0.3 is 9.47 Å². The minimum atomic E-state index is -0.01000. The summed E-state index contributed by atoms with van der Waals surface area (Å²) in [6.07, 6.45) is 3.41. The van der Waals surface area contributed by atoms with Crippen molar-refractivity contribution in [3.05, 3.63) is 29.0 Å². The maximum Gasteiger partial charge on any atom is 0.162 e. The predicted molar refractivity (Wildman–Crippen MR) is 60.7 cm³/mol. The van der Waals surface area contributed by atoms with Gasteiger partial charge in [-0.15, -0.1) is 0 Å². The van der Waals surface area contributed by atoms with E-state index in [9.17, 15) is 4.79 Å². The van der Waals surface area contributed by atoms with E-state index in [0.717, 1.165) is 5.56 Å². The van der Waals surface area contributed by atoms with Crippen molar-refractivity contribution in [2.75, 3.05) is 26.9 Å². The Morgan fingerprint density at radius 1 is 1.50 bits per heavy atom. The molecule has 0 aliphatic heterocycles. The average Bonchev–Trinajstić information content (AvgIpc) is 2.28. The summed E-state index contributed by atoms with van der Waals surface area (Å²) in [4.78, 5) is 15.3. The van der Waals surface area contributed by atoms with Gasteiger partial charge in [0, 0.05) is 25.9 Å². The van der Waals surface area contributed by atoms with Gasteiger partial charge in [-0.1, -0.05) is 11.6 Å². The molecule has 0 N–H and O–H groups in total. The smallest absolute Gasteiger partial charge is 0.162 e. The Bertz CT molecular complexity index is 344. The molecule has 0 radical (unpaired) electrons. The molecule has 1 aromatic rings. The highest BCUT2D eigenvalue weighted by Crippen LogP contribution is 2.13. The number of aromatic nitrogens is 1. The van der Waals surface area contributed by atoms with E-state index in [1.165, 1.54) is 6.20 Å². The minimum Gasteiger partial charge on any atom is -0.382 e. The van der Waals surface area contributed by atoms with Crippen LogP contribution >= 0.6 is 11.6 Å². The summed E-state index contributed by atoms with van der Waals surface area (Å²) in [5.41, 5.74) is 0.775. The molecule has 1 heterocycles. The number of rotatable bonds is 7. The Labute approximate surface area is 99.5 Å². The van der Waals surface area contributed by atoms with Gasteiger partial charge in [-0.2, -0.15) is 0 Å². The summed E-state index contributed by atoms with van der Waals surface area (Å²) in [5.74, 6) is -0.01000. The van der Waals surface area contributed by atoms with E-state index in [0.29, 0.717) is 18.2 Å². The largest absolute Gasteiger partial charge is 0.382 e. The van der Waals surface area contributed by atoms with E-state index in [1.807, 2.05) is 0 Å². The molecule has 0 fully saturated rings. The van der Waals surface area contributed by atoms with Crippen molar-refractivity contribution in [1.82, 2.24) is 4.98 Å².